The second-order valence-corrected chi connectivity index (χ2v) is 4.44. The summed E-state index contributed by atoms with van der Waals surface area (Å²) in [6, 6.07) is 6.63. The van der Waals surface area contributed by atoms with Crippen molar-refractivity contribution in [3.05, 3.63) is 40.8 Å². The molecule has 3 nitrogen and oxygen atoms in total. The van der Waals surface area contributed by atoms with Crippen molar-refractivity contribution in [1.82, 2.24) is 15.1 Å². The lowest BCUT2D eigenvalue weighted by atomic mass is 10.3. The quantitative estimate of drug-likeness (QED) is 0.839. The van der Waals surface area contributed by atoms with E-state index in [4.69, 9.17) is 0 Å². The van der Waals surface area contributed by atoms with E-state index in [1.165, 1.54) is 4.88 Å². The van der Waals surface area contributed by atoms with Crippen LogP contribution in [0.25, 0.3) is 0 Å². The fourth-order valence-corrected chi connectivity index (χ4v) is 2.23. The van der Waals surface area contributed by atoms with Gasteiger partial charge in [-0.3, -0.25) is 4.68 Å². The summed E-state index contributed by atoms with van der Waals surface area (Å²) in [6.07, 6.45) is 3.79. The Labute approximate surface area is 93.7 Å². The molecule has 2 aromatic heterocycles. The molecule has 0 unspecified atom stereocenters. The lowest BCUT2D eigenvalue weighted by Crippen LogP contribution is -2.22. The normalized spacial score (nSPS) is 12.9. The van der Waals surface area contributed by atoms with Crippen molar-refractivity contribution in [3.63, 3.8) is 0 Å². The molecule has 15 heavy (non-hydrogen) atoms. The van der Waals surface area contributed by atoms with Crippen LogP contribution in [0.4, 0.5) is 0 Å². The summed E-state index contributed by atoms with van der Waals surface area (Å²) in [7, 11) is 0. The minimum absolute atomic E-state index is 0.431. The Bertz CT molecular complexity index is 366. The molecule has 80 valence electrons. The van der Waals surface area contributed by atoms with Crippen LogP contribution in [0.5, 0.6) is 0 Å². The van der Waals surface area contributed by atoms with Gasteiger partial charge in [0.1, 0.15) is 0 Å². The number of nitrogens with zero attached hydrogens (tertiary/aromatic N) is 2. The number of hydrogen-bond acceptors (Lipinski definition) is 3. The van der Waals surface area contributed by atoms with Crippen molar-refractivity contribution in [2.45, 2.75) is 19.5 Å². The average molecular weight is 221 g/mol. The molecule has 2 rings (SSSR count). The molecule has 0 aliphatic heterocycles. The maximum absolute atomic E-state index is 4.16. The van der Waals surface area contributed by atoms with Crippen molar-refractivity contribution in [2.75, 3.05) is 6.54 Å². The van der Waals surface area contributed by atoms with E-state index < -0.39 is 0 Å². The van der Waals surface area contributed by atoms with E-state index >= 15 is 0 Å². The Hall–Kier alpha value is -1.13. The van der Waals surface area contributed by atoms with E-state index in [2.05, 4.69) is 34.9 Å². The summed E-state index contributed by atoms with van der Waals surface area (Å²) in [5, 5.41) is 9.74. The minimum atomic E-state index is 0.431. The highest BCUT2D eigenvalue weighted by Gasteiger charge is 2.04. The van der Waals surface area contributed by atoms with E-state index in [0.717, 1.165) is 13.1 Å². The molecule has 0 radical (unpaired) electrons. The summed E-state index contributed by atoms with van der Waals surface area (Å²) in [5.74, 6) is 0. The Morgan fingerprint density at radius 2 is 2.47 bits per heavy atom. The lowest BCUT2D eigenvalue weighted by Gasteiger charge is -2.11. The lowest BCUT2D eigenvalue weighted by molar-refractivity contribution is 0.511. The first-order chi connectivity index (χ1) is 7.36. The highest BCUT2D eigenvalue weighted by atomic mass is 32.1. The topological polar surface area (TPSA) is 29.9 Å². The van der Waals surface area contributed by atoms with Gasteiger partial charge >= 0.3 is 0 Å². The third-order valence-corrected chi connectivity index (χ3v) is 3.38. The zero-order valence-electron chi connectivity index (χ0n) is 8.76. The van der Waals surface area contributed by atoms with Crippen molar-refractivity contribution < 1.29 is 0 Å². The summed E-state index contributed by atoms with van der Waals surface area (Å²) in [6.45, 7) is 4.05. The van der Waals surface area contributed by atoms with Crippen LogP contribution in [-0.2, 0) is 6.54 Å². The van der Waals surface area contributed by atoms with Crippen LogP contribution >= 0.6 is 11.3 Å². The van der Waals surface area contributed by atoms with Gasteiger partial charge in [0.05, 0.1) is 6.54 Å². The number of rotatable bonds is 5. The monoisotopic (exact) mass is 221 g/mol. The first kappa shape index (κ1) is 10.4. The number of hydrogen-bond donors (Lipinski definition) is 1. The molecule has 0 amide bonds. The Kier molecular flexibility index (Phi) is 3.53. The molecule has 0 saturated heterocycles. The zero-order chi connectivity index (χ0) is 10.5. The van der Waals surface area contributed by atoms with Gasteiger partial charge in [0.25, 0.3) is 0 Å². The van der Waals surface area contributed by atoms with Crippen molar-refractivity contribution in [1.29, 1.82) is 0 Å². The van der Waals surface area contributed by atoms with E-state index in [1.807, 2.05) is 23.1 Å². The van der Waals surface area contributed by atoms with Crippen LogP contribution in [0.1, 0.15) is 17.8 Å². The SMILES string of the molecule is C[C@H](NCCn1cccn1)c1cccs1. The van der Waals surface area contributed by atoms with E-state index in [9.17, 15) is 0 Å². The summed E-state index contributed by atoms with van der Waals surface area (Å²) < 4.78 is 1.94. The van der Waals surface area contributed by atoms with Gasteiger partial charge in [-0.25, -0.2) is 0 Å². The van der Waals surface area contributed by atoms with Crippen molar-refractivity contribution in [2.24, 2.45) is 0 Å². The molecule has 0 aliphatic carbocycles. The van der Waals surface area contributed by atoms with Crippen LogP contribution in [0.15, 0.2) is 36.0 Å². The number of thiophene rings is 1. The third-order valence-electron chi connectivity index (χ3n) is 2.32. The zero-order valence-corrected chi connectivity index (χ0v) is 9.57. The van der Waals surface area contributed by atoms with E-state index in [1.54, 1.807) is 11.3 Å². The van der Waals surface area contributed by atoms with E-state index in [-0.39, 0.29) is 0 Å². The molecular formula is C11H15N3S. The summed E-state index contributed by atoms with van der Waals surface area (Å²) in [5.41, 5.74) is 0. The maximum Gasteiger partial charge on any atom is 0.0534 e. The Morgan fingerprint density at radius 1 is 1.53 bits per heavy atom. The molecule has 0 aliphatic rings. The Balaban J connectivity index is 1.74. The third kappa shape index (κ3) is 2.91. The van der Waals surface area contributed by atoms with Crippen LogP contribution in [0.2, 0.25) is 0 Å². The van der Waals surface area contributed by atoms with Crippen molar-refractivity contribution >= 4 is 11.3 Å². The van der Waals surface area contributed by atoms with Gasteiger partial charge in [-0.05, 0) is 24.4 Å². The predicted molar refractivity (Wildman–Crippen MR) is 63.0 cm³/mol. The highest BCUT2D eigenvalue weighted by Crippen LogP contribution is 2.17. The van der Waals surface area contributed by atoms with Crippen LogP contribution < -0.4 is 5.32 Å². The van der Waals surface area contributed by atoms with Gasteiger partial charge in [0, 0.05) is 29.9 Å². The largest absolute Gasteiger partial charge is 0.308 e. The van der Waals surface area contributed by atoms with E-state index in [0.29, 0.717) is 6.04 Å². The first-order valence-corrected chi connectivity index (χ1v) is 5.98. The van der Waals surface area contributed by atoms with Crippen LogP contribution in [0.3, 0.4) is 0 Å². The Morgan fingerprint density at radius 3 is 3.13 bits per heavy atom. The minimum Gasteiger partial charge on any atom is -0.308 e. The molecule has 1 atom stereocenters. The van der Waals surface area contributed by atoms with Gasteiger partial charge in [-0.15, -0.1) is 11.3 Å². The van der Waals surface area contributed by atoms with Crippen molar-refractivity contribution in [3.8, 4) is 0 Å². The average Bonchev–Trinajstić information content (AvgIpc) is 2.90. The molecule has 2 heterocycles. The smallest absolute Gasteiger partial charge is 0.0534 e. The van der Waals surface area contributed by atoms with Crippen LogP contribution in [0, 0.1) is 0 Å². The van der Waals surface area contributed by atoms with Crippen LogP contribution in [-0.4, -0.2) is 16.3 Å². The number of nitrogens with one attached hydrogen (secondary N) is 1. The van der Waals surface area contributed by atoms with Gasteiger partial charge in [-0.2, -0.15) is 5.10 Å². The first-order valence-electron chi connectivity index (χ1n) is 5.10. The molecule has 0 bridgehead atoms. The molecule has 2 aromatic rings. The molecule has 0 saturated carbocycles. The summed E-state index contributed by atoms with van der Waals surface area (Å²) >= 11 is 1.79. The fraction of sp³-hybridized carbons (Fsp3) is 0.364. The molecule has 0 fully saturated rings. The van der Waals surface area contributed by atoms with Gasteiger partial charge < -0.3 is 5.32 Å². The second kappa shape index (κ2) is 5.09. The highest BCUT2D eigenvalue weighted by molar-refractivity contribution is 7.10. The molecule has 0 spiro atoms. The second-order valence-electron chi connectivity index (χ2n) is 3.46. The molecule has 0 aromatic carbocycles. The molecule has 4 heteroatoms. The van der Waals surface area contributed by atoms with Gasteiger partial charge in [0.15, 0.2) is 0 Å². The van der Waals surface area contributed by atoms with Gasteiger partial charge in [0.2, 0.25) is 0 Å². The number of aromatic nitrogens is 2. The molecule has 1 N–H and O–H groups in total. The summed E-state index contributed by atoms with van der Waals surface area (Å²) in [4.78, 5) is 1.38. The van der Waals surface area contributed by atoms with Gasteiger partial charge in [-0.1, -0.05) is 6.07 Å². The maximum atomic E-state index is 4.16. The predicted octanol–water partition coefficient (Wildman–Crippen LogP) is 2.30. The standard InChI is InChI=1S/C11H15N3S/c1-10(11-4-2-9-15-11)12-6-8-14-7-3-5-13-14/h2-5,7,9-10,12H,6,8H2,1H3/t10-/m0/s1. The fourth-order valence-electron chi connectivity index (χ4n) is 1.47. The molecular weight excluding hydrogens is 206 g/mol.